The predicted molar refractivity (Wildman–Crippen MR) is 118 cm³/mol. The number of rotatable bonds is 8. The van der Waals surface area contributed by atoms with E-state index in [1.807, 2.05) is 24.3 Å². The zero-order valence-electron chi connectivity index (χ0n) is 16.4. The fourth-order valence-corrected chi connectivity index (χ4v) is 4.98. The van der Waals surface area contributed by atoms with E-state index >= 15 is 0 Å². The molecule has 1 saturated heterocycles. The maximum absolute atomic E-state index is 12.4. The highest BCUT2D eigenvalue weighted by molar-refractivity contribution is 7.91. The molecule has 1 atom stereocenters. The van der Waals surface area contributed by atoms with Crippen LogP contribution in [0.5, 0.6) is 0 Å². The van der Waals surface area contributed by atoms with Gasteiger partial charge in [0.25, 0.3) is 0 Å². The van der Waals surface area contributed by atoms with E-state index in [9.17, 15) is 13.2 Å². The molecule has 1 amide bonds. The molecule has 0 aliphatic carbocycles. The Hall–Kier alpha value is -1.64. The van der Waals surface area contributed by atoms with Crippen molar-refractivity contribution in [2.24, 2.45) is 0 Å². The summed E-state index contributed by atoms with van der Waals surface area (Å²) in [6.45, 7) is 3.04. The smallest absolute Gasteiger partial charge is 0.221 e. The van der Waals surface area contributed by atoms with Gasteiger partial charge in [0.05, 0.1) is 29.9 Å². The standard InChI is InChI=1S/C21H24Cl2N2O4S/c22-16-5-7-17(8-6-16)30(27,28)14-9-21(26)24-15-20(25-10-12-29-13-11-25)18-3-1-2-4-19(18)23/h1-8,20H,9-15H2,(H,24,26). The Morgan fingerprint density at radius 1 is 1.07 bits per heavy atom. The van der Waals surface area contributed by atoms with Crippen molar-refractivity contribution in [1.82, 2.24) is 10.2 Å². The molecule has 162 valence electrons. The van der Waals surface area contributed by atoms with Gasteiger partial charge in [0.2, 0.25) is 5.91 Å². The molecule has 1 aliphatic heterocycles. The molecule has 30 heavy (non-hydrogen) atoms. The Labute approximate surface area is 187 Å². The molecule has 9 heteroatoms. The number of nitrogens with one attached hydrogen (secondary N) is 1. The minimum absolute atomic E-state index is 0.112. The molecule has 1 aliphatic rings. The number of sulfone groups is 1. The van der Waals surface area contributed by atoms with Gasteiger partial charge in [0.15, 0.2) is 9.84 Å². The van der Waals surface area contributed by atoms with Crippen LogP contribution < -0.4 is 5.32 Å². The highest BCUT2D eigenvalue weighted by Gasteiger charge is 2.25. The molecular weight excluding hydrogens is 447 g/mol. The number of nitrogens with zero attached hydrogens (tertiary/aromatic N) is 1. The Morgan fingerprint density at radius 2 is 1.73 bits per heavy atom. The highest BCUT2D eigenvalue weighted by Crippen LogP contribution is 2.27. The molecule has 0 spiro atoms. The lowest BCUT2D eigenvalue weighted by molar-refractivity contribution is -0.121. The van der Waals surface area contributed by atoms with E-state index < -0.39 is 9.84 Å². The largest absolute Gasteiger partial charge is 0.379 e. The molecule has 1 heterocycles. The van der Waals surface area contributed by atoms with Gasteiger partial charge in [-0.15, -0.1) is 0 Å². The number of carbonyl (C=O) groups excluding carboxylic acids is 1. The molecule has 1 N–H and O–H groups in total. The summed E-state index contributed by atoms with van der Waals surface area (Å²) >= 11 is 12.2. The molecule has 3 rings (SSSR count). The fraction of sp³-hybridized carbons (Fsp3) is 0.381. The van der Waals surface area contributed by atoms with Crippen LogP contribution in [-0.4, -0.2) is 57.8 Å². The Balaban J connectivity index is 1.61. The first kappa shape index (κ1) is 23.0. The van der Waals surface area contributed by atoms with Crippen molar-refractivity contribution in [1.29, 1.82) is 0 Å². The lowest BCUT2D eigenvalue weighted by atomic mass is 10.0. The molecule has 1 fully saturated rings. The second kappa shape index (κ2) is 10.6. The number of hydrogen-bond acceptors (Lipinski definition) is 5. The highest BCUT2D eigenvalue weighted by atomic mass is 35.5. The SMILES string of the molecule is O=C(CCS(=O)(=O)c1ccc(Cl)cc1)NCC(c1ccccc1Cl)N1CCOCC1. The number of hydrogen-bond donors (Lipinski definition) is 1. The molecule has 0 radical (unpaired) electrons. The van der Waals surface area contributed by atoms with Gasteiger partial charge in [-0.2, -0.15) is 0 Å². The van der Waals surface area contributed by atoms with E-state index in [1.165, 1.54) is 24.3 Å². The third kappa shape index (κ3) is 6.18. The van der Waals surface area contributed by atoms with Gasteiger partial charge in [-0.3, -0.25) is 9.69 Å². The van der Waals surface area contributed by atoms with Crippen molar-refractivity contribution in [2.45, 2.75) is 17.4 Å². The molecule has 2 aromatic carbocycles. The maximum atomic E-state index is 12.4. The summed E-state index contributed by atoms with van der Waals surface area (Å²) in [6, 6.07) is 13.4. The van der Waals surface area contributed by atoms with E-state index in [2.05, 4.69) is 10.2 Å². The van der Waals surface area contributed by atoms with E-state index in [0.29, 0.717) is 29.8 Å². The van der Waals surface area contributed by atoms with Gasteiger partial charge in [-0.1, -0.05) is 41.4 Å². The summed E-state index contributed by atoms with van der Waals surface area (Å²) in [5, 5.41) is 3.96. The Kier molecular flexibility index (Phi) is 8.13. The monoisotopic (exact) mass is 470 g/mol. The van der Waals surface area contributed by atoms with Crippen LogP contribution in [0.4, 0.5) is 0 Å². The number of morpholine rings is 1. The number of ether oxygens (including phenoxy) is 1. The zero-order valence-corrected chi connectivity index (χ0v) is 18.7. The average Bonchev–Trinajstić information content (AvgIpc) is 2.75. The zero-order chi connectivity index (χ0) is 21.6. The first-order valence-electron chi connectivity index (χ1n) is 9.68. The van der Waals surface area contributed by atoms with Crippen LogP contribution in [0.3, 0.4) is 0 Å². The van der Waals surface area contributed by atoms with Crippen LogP contribution in [0.2, 0.25) is 10.0 Å². The minimum atomic E-state index is -3.56. The van der Waals surface area contributed by atoms with Crippen LogP contribution in [0.15, 0.2) is 53.4 Å². The van der Waals surface area contributed by atoms with Crippen molar-refractivity contribution in [3.8, 4) is 0 Å². The summed E-state index contributed by atoms with van der Waals surface area (Å²) in [5.41, 5.74) is 0.926. The van der Waals surface area contributed by atoms with Gasteiger partial charge >= 0.3 is 0 Å². The molecule has 0 saturated carbocycles. The third-order valence-electron chi connectivity index (χ3n) is 5.01. The van der Waals surface area contributed by atoms with Crippen LogP contribution in [0.1, 0.15) is 18.0 Å². The molecule has 2 aromatic rings. The quantitative estimate of drug-likeness (QED) is 0.639. The minimum Gasteiger partial charge on any atom is -0.379 e. The number of amides is 1. The molecule has 0 bridgehead atoms. The number of halogens is 2. The van der Waals surface area contributed by atoms with Crippen molar-refractivity contribution < 1.29 is 17.9 Å². The first-order valence-corrected chi connectivity index (χ1v) is 12.1. The number of carbonyl (C=O) groups is 1. The Bertz CT molecular complexity index is 961. The summed E-state index contributed by atoms with van der Waals surface area (Å²) < 4.78 is 30.3. The lowest BCUT2D eigenvalue weighted by Crippen LogP contribution is -2.44. The van der Waals surface area contributed by atoms with E-state index in [4.69, 9.17) is 27.9 Å². The van der Waals surface area contributed by atoms with Gasteiger partial charge < -0.3 is 10.1 Å². The van der Waals surface area contributed by atoms with Crippen molar-refractivity contribution in [3.63, 3.8) is 0 Å². The Morgan fingerprint density at radius 3 is 2.40 bits per heavy atom. The van der Waals surface area contributed by atoms with Crippen LogP contribution in [0, 0.1) is 0 Å². The molecular formula is C21H24Cl2N2O4S. The van der Waals surface area contributed by atoms with Crippen molar-refractivity contribution >= 4 is 38.9 Å². The fourth-order valence-electron chi connectivity index (χ4n) is 3.36. The molecule has 6 nitrogen and oxygen atoms in total. The van der Waals surface area contributed by atoms with Crippen molar-refractivity contribution in [3.05, 3.63) is 64.1 Å². The number of benzene rings is 2. The van der Waals surface area contributed by atoms with E-state index in [-0.39, 0.29) is 29.0 Å². The van der Waals surface area contributed by atoms with Gasteiger partial charge in [0, 0.05) is 36.1 Å². The third-order valence-corrected chi connectivity index (χ3v) is 7.34. The second-order valence-corrected chi connectivity index (χ2v) is 9.97. The van der Waals surface area contributed by atoms with Gasteiger partial charge in [-0.05, 0) is 35.9 Å². The van der Waals surface area contributed by atoms with Crippen LogP contribution >= 0.6 is 23.2 Å². The first-order chi connectivity index (χ1) is 14.4. The molecule has 0 aromatic heterocycles. The van der Waals surface area contributed by atoms with Gasteiger partial charge in [0.1, 0.15) is 0 Å². The topological polar surface area (TPSA) is 75.7 Å². The maximum Gasteiger partial charge on any atom is 0.221 e. The van der Waals surface area contributed by atoms with Crippen LogP contribution in [-0.2, 0) is 19.4 Å². The van der Waals surface area contributed by atoms with E-state index in [1.54, 1.807) is 0 Å². The average molecular weight is 471 g/mol. The summed E-state index contributed by atoms with van der Waals surface area (Å²) in [5.74, 6) is -0.591. The normalized spacial score (nSPS) is 16.2. The molecule has 1 unspecified atom stereocenters. The second-order valence-electron chi connectivity index (χ2n) is 7.01. The predicted octanol–water partition coefficient (Wildman–Crippen LogP) is 3.35. The summed E-state index contributed by atoms with van der Waals surface area (Å²) in [4.78, 5) is 14.8. The van der Waals surface area contributed by atoms with Gasteiger partial charge in [-0.25, -0.2) is 8.42 Å². The summed E-state index contributed by atoms with van der Waals surface area (Å²) in [7, 11) is -3.56. The lowest BCUT2D eigenvalue weighted by Gasteiger charge is -2.35. The van der Waals surface area contributed by atoms with Crippen molar-refractivity contribution in [2.75, 3.05) is 38.6 Å². The van der Waals surface area contributed by atoms with E-state index in [0.717, 1.165) is 18.7 Å². The van der Waals surface area contributed by atoms with Crippen LogP contribution in [0.25, 0.3) is 0 Å². The summed E-state index contributed by atoms with van der Waals surface area (Å²) in [6.07, 6.45) is -0.122.